The molecule has 24 heavy (non-hydrogen) atoms. The summed E-state index contributed by atoms with van der Waals surface area (Å²) < 4.78 is 5.50. The van der Waals surface area contributed by atoms with Crippen LogP contribution in [0.15, 0.2) is 54.6 Å². The van der Waals surface area contributed by atoms with Gasteiger partial charge in [0.15, 0.2) is 5.69 Å². The van der Waals surface area contributed by atoms with E-state index in [1.807, 2.05) is 0 Å². The molecule has 0 saturated heterocycles. The second kappa shape index (κ2) is 6.45. The van der Waals surface area contributed by atoms with Crippen LogP contribution in [-0.4, -0.2) is 16.7 Å². The SMILES string of the molecule is CC(=O)OCc1nc2ccccc2[n+]([O-])c1C(=O)c1ccccc1. The van der Waals surface area contributed by atoms with Crippen molar-refractivity contribution in [2.45, 2.75) is 13.5 Å². The topological polar surface area (TPSA) is 83.2 Å². The van der Waals surface area contributed by atoms with E-state index >= 15 is 0 Å². The second-order valence-electron chi connectivity index (χ2n) is 5.17. The monoisotopic (exact) mass is 322 g/mol. The molecular weight excluding hydrogens is 308 g/mol. The average Bonchev–Trinajstić information content (AvgIpc) is 2.60. The van der Waals surface area contributed by atoms with Gasteiger partial charge in [0, 0.05) is 18.6 Å². The molecule has 3 aromatic rings. The zero-order valence-corrected chi connectivity index (χ0v) is 12.9. The maximum Gasteiger partial charge on any atom is 0.303 e. The minimum absolute atomic E-state index is 0.132. The van der Waals surface area contributed by atoms with Gasteiger partial charge in [0.25, 0.3) is 11.5 Å². The van der Waals surface area contributed by atoms with Gasteiger partial charge in [-0.3, -0.25) is 9.59 Å². The Kier molecular flexibility index (Phi) is 4.20. The molecule has 1 aromatic heterocycles. The molecule has 6 heteroatoms. The van der Waals surface area contributed by atoms with Gasteiger partial charge in [0.2, 0.25) is 5.52 Å². The van der Waals surface area contributed by atoms with Crippen molar-refractivity contribution in [3.63, 3.8) is 0 Å². The summed E-state index contributed by atoms with van der Waals surface area (Å²) in [5, 5.41) is 12.7. The van der Waals surface area contributed by atoms with Crippen molar-refractivity contribution in [3.8, 4) is 0 Å². The fourth-order valence-electron chi connectivity index (χ4n) is 2.39. The van der Waals surface area contributed by atoms with Crippen LogP contribution in [0, 0.1) is 5.21 Å². The lowest BCUT2D eigenvalue weighted by atomic mass is 10.1. The first-order valence-corrected chi connectivity index (χ1v) is 7.32. The van der Waals surface area contributed by atoms with E-state index in [9.17, 15) is 14.8 Å². The first-order valence-electron chi connectivity index (χ1n) is 7.32. The van der Waals surface area contributed by atoms with Gasteiger partial charge in [-0.25, -0.2) is 4.98 Å². The molecule has 0 fully saturated rings. The van der Waals surface area contributed by atoms with E-state index in [1.54, 1.807) is 54.6 Å². The Bertz CT molecular complexity index is 923. The molecule has 0 aliphatic rings. The molecule has 0 amide bonds. The van der Waals surface area contributed by atoms with Gasteiger partial charge in [-0.15, -0.1) is 0 Å². The van der Waals surface area contributed by atoms with Gasteiger partial charge >= 0.3 is 5.97 Å². The molecular formula is C18H14N2O4. The average molecular weight is 322 g/mol. The second-order valence-corrected chi connectivity index (χ2v) is 5.17. The van der Waals surface area contributed by atoms with E-state index in [2.05, 4.69) is 4.98 Å². The Labute approximate surface area is 137 Å². The molecule has 120 valence electrons. The van der Waals surface area contributed by atoms with E-state index in [4.69, 9.17) is 4.74 Å². The predicted octanol–water partition coefficient (Wildman–Crippen LogP) is 2.16. The fourth-order valence-corrected chi connectivity index (χ4v) is 2.39. The number of ketones is 1. The molecule has 1 heterocycles. The van der Waals surface area contributed by atoms with Crippen LogP contribution in [0.2, 0.25) is 0 Å². The smallest absolute Gasteiger partial charge is 0.303 e. The van der Waals surface area contributed by atoms with E-state index in [1.165, 1.54) is 6.92 Å². The molecule has 0 saturated carbocycles. The van der Waals surface area contributed by atoms with Gasteiger partial charge in [-0.05, 0) is 6.07 Å². The number of carbonyl (C=O) groups is 2. The summed E-state index contributed by atoms with van der Waals surface area (Å²) in [7, 11) is 0. The van der Waals surface area contributed by atoms with E-state index in [0.29, 0.717) is 15.8 Å². The number of rotatable bonds is 4. The van der Waals surface area contributed by atoms with Crippen molar-refractivity contribution in [2.24, 2.45) is 0 Å². The molecule has 0 unspecified atom stereocenters. The molecule has 0 aliphatic heterocycles. The lowest BCUT2D eigenvalue weighted by Crippen LogP contribution is -2.38. The first kappa shape index (κ1) is 15.6. The molecule has 0 atom stereocenters. The largest absolute Gasteiger partial charge is 0.618 e. The lowest BCUT2D eigenvalue weighted by Gasteiger charge is -2.11. The van der Waals surface area contributed by atoms with Crippen LogP contribution < -0.4 is 4.73 Å². The van der Waals surface area contributed by atoms with Crippen LogP contribution >= 0.6 is 0 Å². The highest BCUT2D eigenvalue weighted by atomic mass is 16.5. The van der Waals surface area contributed by atoms with Crippen LogP contribution in [0.25, 0.3) is 11.0 Å². The number of carbonyl (C=O) groups excluding carboxylic acids is 2. The van der Waals surface area contributed by atoms with Crippen molar-refractivity contribution in [2.75, 3.05) is 0 Å². The summed E-state index contributed by atoms with van der Waals surface area (Å²) in [5.74, 6) is -0.980. The summed E-state index contributed by atoms with van der Waals surface area (Å²) in [4.78, 5) is 28.2. The maximum atomic E-state index is 12.8. The van der Waals surface area contributed by atoms with Gasteiger partial charge in [-0.1, -0.05) is 42.5 Å². The normalized spacial score (nSPS) is 10.5. The molecule has 0 radical (unpaired) electrons. The maximum absolute atomic E-state index is 12.8. The third-order valence-corrected chi connectivity index (χ3v) is 3.50. The van der Waals surface area contributed by atoms with Crippen molar-refractivity contribution in [3.05, 3.63) is 76.8 Å². The number of benzene rings is 2. The minimum Gasteiger partial charge on any atom is -0.618 e. The molecule has 2 aromatic carbocycles. The number of nitrogens with zero attached hydrogens (tertiary/aromatic N) is 2. The third-order valence-electron chi connectivity index (χ3n) is 3.50. The number of ether oxygens (including phenoxy) is 1. The van der Waals surface area contributed by atoms with Crippen LogP contribution in [-0.2, 0) is 16.1 Å². The molecule has 3 rings (SSSR count). The summed E-state index contributed by atoms with van der Waals surface area (Å²) in [5.41, 5.74) is 1.07. The van der Waals surface area contributed by atoms with Gasteiger partial charge in [0.05, 0.1) is 0 Å². The highest BCUT2D eigenvalue weighted by Gasteiger charge is 2.27. The fraction of sp³-hybridized carbons (Fsp3) is 0.111. The van der Waals surface area contributed by atoms with E-state index in [0.717, 1.165) is 0 Å². The number of hydrogen-bond acceptors (Lipinski definition) is 5. The first-order chi connectivity index (χ1) is 11.6. The molecule has 0 bridgehead atoms. The Morgan fingerprint density at radius 2 is 1.75 bits per heavy atom. The highest BCUT2D eigenvalue weighted by Crippen LogP contribution is 2.15. The van der Waals surface area contributed by atoms with Crippen LogP contribution in [0.5, 0.6) is 0 Å². The number of aromatic nitrogens is 2. The van der Waals surface area contributed by atoms with E-state index in [-0.39, 0.29) is 23.5 Å². The quantitative estimate of drug-likeness (QED) is 0.318. The van der Waals surface area contributed by atoms with Crippen LogP contribution in [0.4, 0.5) is 0 Å². The van der Waals surface area contributed by atoms with Crippen LogP contribution in [0.1, 0.15) is 28.7 Å². The van der Waals surface area contributed by atoms with Gasteiger partial charge in [-0.2, -0.15) is 4.73 Å². The van der Waals surface area contributed by atoms with Crippen LogP contribution in [0.3, 0.4) is 0 Å². The van der Waals surface area contributed by atoms with Crippen molar-refractivity contribution in [1.29, 1.82) is 0 Å². The molecule has 0 spiro atoms. The number of fused-ring (bicyclic) bond motifs is 1. The minimum atomic E-state index is -0.513. The highest BCUT2D eigenvalue weighted by molar-refractivity contribution is 6.07. The van der Waals surface area contributed by atoms with E-state index < -0.39 is 11.8 Å². The summed E-state index contributed by atoms with van der Waals surface area (Å²) >= 11 is 0. The van der Waals surface area contributed by atoms with Gasteiger partial charge < -0.3 is 9.94 Å². The predicted molar refractivity (Wildman–Crippen MR) is 86.0 cm³/mol. The zero-order chi connectivity index (χ0) is 17.1. The summed E-state index contributed by atoms with van der Waals surface area (Å²) in [6.07, 6.45) is 0. The summed E-state index contributed by atoms with van der Waals surface area (Å²) in [6.45, 7) is 1.02. The Morgan fingerprint density at radius 1 is 1.08 bits per heavy atom. The van der Waals surface area contributed by atoms with Crippen molar-refractivity contribution < 1.29 is 19.1 Å². The Balaban J connectivity index is 2.19. The van der Waals surface area contributed by atoms with Crippen molar-refractivity contribution in [1.82, 2.24) is 4.98 Å². The van der Waals surface area contributed by atoms with Crippen molar-refractivity contribution >= 4 is 22.8 Å². The van der Waals surface area contributed by atoms with Gasteiger partial charge in [0.1, 0.15) is 12.1 Å². The number of hydrogen-bond donors (Lipinski definition) is 0. The summed E-state index contributed by atoms with van der Waals surface area (Å²) in [6, 6.07) is 15.1. The number of para-hydroxylation sites is 2. The molecule has 6 nitrogen and oxygen atoms in total. The molecule has 0 aliphatic carbocycles. The lowest BCUT2D eigenvalue weighted by molar-refractivity contribution is -0.580. The Hall–Kier alpha value is -3.28. The molecule has 0 N–H and O–H groups in total. The number of esters is 1. The third kappa shape index (κ3) is 2.94. The standard InChI is InChI=1S/C18H14N2O4/c1-12(21)24-11-15-17(18(22)13-7-3-2-4-8-13)20(23)16-10-6-5-9-14(16)19-15/h2-10H,11H2,1H3. The zero-order valence-electron chi connectivity index (χ0n) is 12.9. The Morgan fingerprint density at radius 3 is 2.46 bits per heavy atom.